The molecule has 1 aromatic rings. The van der Waals surface area contributed by atoms with Crippen molar-refractivity contribution in [3.63, 3.8) is 0 Å². The Labute approximate surface area is 90.5 Å². The fourth-order valence-electron chi connectivity index (χ4n) is 1.11. The maximum atomic E-state index is 12.8. The summed E-state index contributed by atoms with van der Waals surface area (Å²) in [5.41, 5.74) is 0.497. The molecule has 0 bridgehead atoms. The smallest absolute Gasteiger partial charge is 0.265 e. The van der Waals surface area contributed by atoms with Crippen LogP contribution in [0, 0.1) is 5.82 Å². The Morgan fingerprint density at radius 1 is 1.31 bits per heavy atom. The van der Waals surface area contributed by atoms with Crippen LogP contribution < -0.4 is 5.32 Å². The van der Waals surface area contributed by atoms with Gasteiger partial charge in [-0.15, -0.1) is 0 Å². The molecule has 1 rings (SSSR count). The third kappa shape index (κ3) is 3.71. The summed E-state index contributed by atoms with van der Waals surface area (Å²) in [4.78, 5) is 0. The standard InChI is InChI=1S/C10H12F3NO2/c11-7-3-6(1-2-8(7)15)4-14-5-9(16)10(12)13/h1-3,9-10,14-16H,4-5H2. The number of hydrogen-bond acceptors (Lipinski definition) is 3. The van der Waals surface area contributed by atoms with Crippen molar-refractivity contribution in [1.29, 1.82) is 0 Å². The van der Waals surface area contributed by atoms with E-state index in [1.807, 2.05) is 0 Å². The zero-order chi connectivity index (χ0) is 12.1. The first-order chi connectivity index (χ1) is 7.50. The van der Waals surface area contributed by atoms with Gasteiger partial charge in [0, 0.05) is 13.1 Å². The van der Waals surface area contributed by atoms with E-state index in [0.717, 1.165) is 6.07 Å². The number of alkyl halides is 2. The van der Waals surface area contributed by atoms with Crippen LogP contribution in [0.2, 0.25) is 0 Å². The molecule has 0 heterocycles. The highest BCUT2D eigenvalue weighted by Gasteiger charge is 2.15. The Bertz CT molecular complexity index is 347. The Kier molecular flexibility index (Phi) is 4.57. The minimum Gasteiger partial charge on any atom is -0.505 e. The number of rotatable bonds is 5. The molecule has 0 saturated carbocycles. The number of aromatic hydroxyl groups is 1. The van der Waals surface area contributed by atoms with E-state index < -0.39 is 24.1 Å². The number of aliphatic hydroxyl groups is 1. The Morgan fingerprint density at radius 3 is 2.56 bits per heavy atom. The molecule has 16 heavy (non-hydrogen) atoms. The molecular formula is C10H12F3NO2. The molecule has 0 aromatic heterocycles. The number of phenols is 1. The summed E-state index contributed by atoms with van der Waals surface area (Å²) in [7, 11) is 0. The molecule has 3 N–H and O–H groups in total. The van der Waals surface area contributed by atoms with Crippen molar-refractivity contribution in [2.24, 2.45) is 0 Å². The van der Waals surface area contributed by atoms with Crippen LogP contribution in [0.3, 0.4) is 0 Å². The van der Waals surface area contributed by atoms with Gasteiger partial charge in [0.05, 0.1) is 0 Å². The third-order valence-corrected chi connectivity index (χ3v) is 1.99. The van der Waals surface area contributed by atoms with E-state index in [1.54, 1.807) is 0 Å². The fourth-order valence-corrected chi connectivity index (χ4v) is 1.11. The molecule has 3 nitrogen and oxygen atoms in total. The van der Waals surface area contributed by atoms with E-state index in [2.05, 4.69) is 5.32 Å². The summed E-state index contributed by atoms with van der Waals surface area (Å²) >= 11 is 0. The molecule has 90 valence electrons. The van der Waals surface area contributed by atoms with Crippen LogP contribution in [-0.4, -0.2) is 29.3 Å². The van der Waals surface area contributed by atoms with Gasteiger partial charge in [0.25, 0.3) is 6.43 Å². The van der Waals surface area contributed by atoms with Crippen LogP contribution in [0.15, 0.2) is 18.2 Å². The van der Waals surface area contributed by atoms with E-state index in [9.17, 15) is 13.2 Å². The topological polar surface area (TPSA) is 52.5 Å². The van der Waals surface area contributed by atoms with Crippen LogP contribution in [0.5, 0.6) is 5.75 Å². The number of halogens is 3. The largest absolute Gasteiger partial charge is 0.505 e. The molecule has 6 heteroatoms. The van der Waals surface area contributed by atoms with Crippen molar-refractivity contribution in [1.82, 2.24) is 5.32 Å². The minimum atomic E-state index is -2.80. The lowest BCUT2D eigenvalue weighted by Crippen LogP contribution is -2.31. The summed E-state index contributed by atoms with van der Waals surface area (Å²) in [6.45, 7) is -0.138. The van der Waals surface area contributed by atoms with Crippen LogP contribution in [0.25, 0.3) is 0 Å². The van der Waals surface area contributed by atoms with Crippen LogP contribution in [-0.2, 0) is 6.54 Å². The molecule has 0 fully saturated rings. The average Bonchev–Trinajstić information content (AvgIpc) is 2.23. The highest BCUT2D eigenvalue weighted by Crippen LogP contribution is 2.15. The van der Waals surface area contributed by atoms with Crippen molar-refractivity contribution in [2.75, 3.05) is 6.54 Å². The quantitative estimate of drug-likeness (QED) is 0.719. The fraction of sp³-hybridized carbons (Fsp3) is 0.400. The van der Waals surface area contributed by atoms with Gasteiger partial charge in [-0.3, -0.25) is 0 Å². The maximum absolute atomic E-state index is 12.8. The van der Waals surface area contributed by atoms with Gasteiger partial charge in [0.1, 0.15) is 6.10 Å². The van der Waals surface area contributed by atoms with E-state index in [-0.39, 0.29) is 13.1 Å². The van der Waals surface area contributed by atoms with E-state index in [1.165, 1.54) is 12.1 Å². The zero-order valence-corrected chi connectivity index (χ0v) is 8.33. The average molecular weight is 235 g/mol. The number of benzene rings is 1. The number of hydrogen-bond donors (Lipinski definition) is 3. The van der Waals surface area contributed by atoms with Crippen LogP contribution >= 0.6 is 0 Å². The summed E-state index contributed by atoms with van der Waals surface area (Å²) in [5.74, 6) is -1.23. The Balaban J connectivity index is 2.40. The van der Waals surface area contributed by atoms with Gasteiger partial charge in [0.2, 0.25) is 0 Å². The van der Waals surface area contributed by atoms with Crippen molar-refractivity contribution >= 4 is 0 Å². The lowest BCUT2D eigenvalue weighted by Gasteiger charge is -2.10. The van der Waals surface area contributed by atoms with E-state index >= 15 is 0 Å². The van der Waals surface area contributed by atoms with E-state index in [4.69, 9.17) is 10.2 Å². The SMILES string of the molecule is Oc1ccc(CNCC(O)C(F)F)cc1F. The lowest BCUT2D eigenvalue weighted by atomic mass is 10.2. The summed E-state index contributed by atoms with van der Waals surface area (Å²) in [6.07, 6.45) is -4.54. The highest BCUT2D eigenvalue weighted by molar-refractivity contribution is 5.27. The first-order valence-electron chi connectivity index (χ1n) is 4.65. The number of aliphatic hydroxyl groups excluding tert-OH is 1. The van der Waals surface area contributed by atoms with Gasteiger partial charge in [-0.1, -0.05) is 6.07 Å². The lowest BCUT2D eigenvalue weighted by molar-refractivity contribution is -0.00341. The van der Waals surface area contributed by atoms with Crippen LogP contribution in [0.4, 0.5) is 13.2 Å². The van der Waals surface area contributed by atoms with Gasteiger partial charge in [-0.25, -0.2) is 13.2 Å². The van der Waals surface area contributed by atoms with Gasteiger partial charge in [0.15, 0.2) is 11.6 Å². The molecule has 0 radical (unpaired) electrons. The van der Waals surface area contributed by atoms with Crippen molar-refractivity contribution in [3.8, 4) is 5.75 Å². The monoisotopic (exact) mass is 235 g/mol. The second kappa shape index (κ2) is 5.72. The molecular weight excluding hydrogens is 223 g/mol. The second-order valence-corrected chi connectivity index (χ2v) is 3.32. The van der Waals surface area contributed by atoms with Crippen molar-refractivity contribution in [2.45, 2.75) is 19.1 Å². The highest BCUT2D eigenvalue weighted by atomic mass is 19.3. The molecule has 0 spiro atoms. The summed E-state index contributed by atoms with van der Waals surface area (Å²) in [6, 6.07) is 3.73. The summed E-state index contributed by atoms with van der Waals surface area (Å²) < 4.78 is 36.6. The molecule has 1 unspecified atom stereocenters. The zero-order valence-electron chi connectivity index (χ0n) is 8.33. The molecule has 1 aromatic carbocycles. The Morgan fingerprint density at radius 2 is 2.00 bits per heavy atom. The molecule has 1 atom stereocenters. The first kappa shape index (κ1) is 12.8. The Hall–Kier alpha value is -1.27. The number of nitrogens with one attached hydrogen (secondary N) is 1. The second-order valence-electron chi connectivity index (χ2n) is 3.32. The third-order valence-electron chi connectivity index (χ3n) is 1.99. The molecule has 0 aliphatic heterocycles. The van der Waals surface area contributed by atoms with Gasteiger partial charge in [-0.2, -0.15) is 0 Å². The predicted octanol–water partition coefficient (Wildman–Crippen LogP) is 1.25. The molecule has 0 saturated heterocycles. The van der Waals surface area contributed by atoms with Gasteiger partial charge >= 0.3 is 0 Å². The van der Waals surface area contributed by atoms with Crippen LogP contribution in [0.1, 0.15) is 5.56 Å². The summed E-state index contributed by atoms with van der Waals surface area (Å²) in [5, 5.41) is 20.2. The molecule has 0 aliphatic carbocycles. The van der Waals surface area contributed by atoms with Crippen molar-refractivity contribution < 1.29 is 23.4 Å². The van der Waals surface area contributed by atoms with Crippen molar-refractivity contribution in [3.05, 3.63) is 29.6 Å². The predicted molar refractivity (Wildman–Crippen MR) is 51.8 cm³/mol. The minimum absolute atomic E-state index is 0.140. The van der Waals surface area contributed by atoms with E-state index in [0.29, 0.717) is 5.56 Å². The number of phenolic OH excluding ortho intramolecular Hbond substituents is 1. The van der Waals surface area contributed by atoms with Gasteiger partial charge < -0.3 is 15.5 Å². The molecule has 0 aliphatic rings. The first-order valence-corrected chi connectivity index (χ1v) is 4.65. The molecule has 0 amide bonds. The normalized spacial score (nSPS) is 13.1. The van der Waals surface area contributed by atoms with Gasteiger partial charge in [-0.05, 0) is 17.7 Å². The maximum Gasteiger partial charge on any atom is 0.265 e.